The fourth-order valence-electron chi connectivity index (χ4n) is 5.61. The summed E-state index contributed by atoms with van der Waals surface area (Å²) in [6, 6.07) is 2.86. The molecule has 4 atom stereocenters. The molecule has 33 heavy (non-hydrogen) atoms. The van der Waals surface area contributed by atoms with E-state index < -0.39 is 11.7 Å². The van der Waals surface area contributed by atoms with Crippen LogP contribution in [0.4, 0.5) is 19.0 Å². The van der Waals surface area contributed by atoms with Crippen LogP contribution >= 0.6 is 0 Å². The fraction of sp³-hybridized carbons (Fsp3) is 0.750. The molecule has 1 aromatic rings. The van der Waals surface area contributed by atoms with Gasteiger partial charge in [0, 0.05) is 51.1 Å². The van der Waals surface area contributed by atoms with Gasteiger partial charge in [0.2, 0.25) is 5.91 Å². The van der Waals surface area contributed by atoms with Crippen molar-refractivity contribution in [1.82, 2.24) is 15.2 Å². The summed E-state index contributed by atoms with van der Waals surface area (Å²) in [5.74, 6) is 0.993. The number of alkyl halides is 3. The summed E-state index contributed by atoms with van der Waals surface area (Å²) in [4.78, 5) is 21.5. The van der Waals surface area contributed by atoms with Gasteiger partial charge in [0.05, 0.1) is 17.6 Å². The van der Waals surface area contributed by atoms with E-state index in [1.165, 1.54) is 6.20 Å². The Morgan fingerprint density at radius 1 is 1.27 bits per heavy atom. The first-order chi connectivity index (χ1) is 15.7. The Hall–Kier alpha value is -1.87. The second-order valence-corrected chi connectivity index (χ2v) is 9.87. The molecule has 1 saturated carbocycles. The molecule has 1 aliphatic carbocycles. The Bertz CT molecular complexity index is 828. The molecule has 9 heteroatoms. The molecule has 1 N–H and O–H groups in total. The van der Waals surface area contributed by atoms with E-state index in [1.54, 1.807) is 0 Å². The van der Waals surface area contributed by atoms with Gasteiger partial charge < -0.3 is 19.9 Å². The maximum absolute atomic E-state index is 13.6. The summed E-state index contributed by atoms with van der Waals surface area (Å²) >= 11 is 0. The minimum atomic E-state index is -4.39. The first-order valence-corrected chi connectivity index (χ1v) is 12.1. The van der Waals surface area contributed by atoms with E-state index >= 15 is 0 Å². The van der Waals surface area contributed by atoms with Gasteiger partial charge in [0.15, 0.2) is 0 Å². The molecule has 2 aliphatic heterocycles. The first-order valence-electron chi connectivity index (χ1n) is 12.1. The second kappa shape index (κ2) is 9.78. The minimum Gasteiger partial charge on any atom is -0.381 e. The zero-order valence-corrected chi connectivity index (χ0v) is 19.5. The molecule has 6 nitrogen and oxygen atoms in total. The van der Waals surface area contributed by atoms with Crippen molar-refractivity contribution in [2.24, 2.45) is 11.3 Å². The average molecular weight is 469 g/mol. The maximum Gasteiger partial charge on any atom is 0.416 e. The second-order valence-electron chi connectivity index (χ2n) is 9.87. The molecule has 1 aromatic heterocycles. The molecule has 0 aromatic carbocycles. The van der Waals surface area contributed by atoms with Gasteiger partial charge in [0.25, 0.3) is 0 Å². The summed E-state index contributed by atoms with van der Waals surface area (Å²) in [7, 11) is 0. The Kier molecular flexibility index (Phi) is 7.19. The number of halogens is 3. The highest BCUT2D eigenvalue weighted by Gasteiger charge is 2.46. The third kappa shape index (κ3) is 5.29. The molecule has 2 unspecified atom stereocenters. The Labute approximate surface area is 193 Å². The third-order valence-electron chi connectivity index (χ3n) is 7.79. The molecule has 0 spiro atoms. The van der Waals surface area contributed by atoms with Crippen LogP contribution in [0.2, 0.25) is 0 Å². The van der Waals surface area contributed by atoms with Crippen LogP contribution in [0.25, 0.3) is 0 Å². The number of piperazine rings is 1. The number of amides is 1. The zero-order chi connectivity index (χ0) is 23.6. The SMILES string of the molecule is CC[C@]1(C(=O)N2CCN(c3cc(C(F)(F)F)ccn3)CC2)CC[C@H](NC2CCOCC2C)C1. The monoisotopic (exact) mass is 468 g/mol. The molecule has 2 saturated heterocycles. The molecular weight excluding hydrogens is 433 g/mol. The summed E-state index contributed by atoms with van der Waals surface area (Å²) in [6.45, 7) is 7.87. The smallest absolute Gasteiger partial charge is 0.381 e. The van der Waals surface area contributed by atoms with Gasteiger partial charge in [-0.05, 0) is 50.2 Å². The van der Waals surface area contributed by atoms with E-state index in [0.29, 0.717) is 50.0 Å². The highest BCUT2D eigenvalue weighted by atomic mass is 19.4. The molecule has 0 bridgehead atoms. The number of hydrogen-bond donors (Lipinski definition) is 1. The molecule has 3 fully saturated rings. The fourth-order valence-corrected chi connectivity index (χ4v) is 5.61. The summed E-state index contributed by atoms with van der Waals surface area (Å²) in [6.07, 6.45) is 1.36. The topological polar surface area (TPSA) is 57.7 Å². The first kappa shape index (κ1) is 24.3. The Balaban J connectivity index is 1.35. The highest BCUT2D eigenvalue weighted by Crippen LogP contribution is 2.43. The number of pyridine rings is 1. The molecule has 4 rings (SSSR count). The number of aromatic nitrogens is 1. The van der Waals surface area contributed by atoms with Crippen molar-refractivity contribution < 1.29 is 22.7 Å². The lowest BCUT2D eigenvalue weighted by molar-refractivity contribution is -0.142. The van der Waals surface area contributed by atoms with Gasteiger partial charge >= 0.3 is 6.18 Å². The normalized spacial score (nSPS) is 31.1. The van der Waals surface area contributed by atoms with E-state index in [4.69, 9.17) is 4.74 Å². The van der Waals surface area contributed by atoms with Crippen molar-refractivity contribution in [2.45, 2.75) is 64.2 Å². The lowest BCUT2D eigenvalue weighted by Gasteiger charge is -2.40. The van der Waals surface area contributed by atoms with Crippen LogP contribution in [0.1, 0.15) is 51.5 Å². The van der Waals surface area contributed by atoms with Crippen LogP contribution in [0, 0.1) is 11.3 Å². The van der Waals surface area contributed by atoms with Crippen LogP contribution in [0.3, 0.4) is 0 Å². The number of carbonyl (C=O) groups excluding carboxylic acids is 1. The van der Waals surface area contributed by atoms with Gasteiger partial charge in [-0.25, -0.2) is 4.98 Å². The van der Waals surface area contributed by atoms with Crippen LogP contribution in [0.15, 0.2) is 18.3 Å². The predicted octanol–water partition coefficient (Wildman–Crippen LogP) is 3.71. The molecule has 1 amide bonds. The van der Waals surface area contributed by atoms with Gasteiger partial charge in [-0.15, -0.1) is 0 Å². The van der Waals surface area contributed by atoms with Crippen molar-refractivity contribution in [2.75, 3.05) is 44.3 Å². The summed E-state index contributed by atoms with van der Waals surface area (Å²) in [5, 5.41) is 3.80. The number of carbonyl (C=O) groups is 1. The number of nitrogens with zero attached hydrogens (tertiary/aromatic N) is 3. The Morgan fingerprint density at radius 3 is 2.70 bits per heavy atom. The summed E-state index contributed by atoms with van der Waals surface area (Å²) in [5.41, 5.74) is -1.04. The predicted molar refractivity (Wildman–Crippen MR) is 120 cm³/mol. The minimum absolute atomic E-state index is 0.200. The molecule has 0 radical (unpaired) electrons. The molecule has 3 heterocycles. The van der Waals surface area contributed by atoms with Crippen molar-refractivity contribution in [3.63, 3.8) is 0 Å². The molecule has 184 valence electrons. The van der Waals surface area contributed by atoms with Crippen molar-refractivity contribution >= 4 is 11.7 Å². The van der Waals surface area contributed by atoms with E-state index in [2.05, 4.69) is 24.1 Å². The zero-order valence-electron chi connectivity index (χ0n) is 19.5. The number of rotatable bonds is 5. The van der Waals surface area contributed by atoms with E-state index in [1.807, 2.05) is 9.80 Å². The van der Waals surface area contributed by atoms with Crippen molar-refractivity contribution in [1.29, 1.82) is 0 Å². The van der Waals surface area contributed by atoms with Crippen molar-refractivity contribution in [3.05, 3.63) is 23.9 Å². The molecular formula is C24H35F3N4O2. The van der Waals surface area contributed by atoms with Crippen LogP contribution in [-0.2, 0) is 15.7 Å². The summed E-state index contributed by atoms with van der Waals surface area (Å²) < 4.78 is 44.7. The van der Waals surface area contributed by atoms with Gasteiger partial charge in [0.1, 0.15) is 5.82 Å². The lowest BCUT2D eigenvalue weighted by Crippen LogP contribution is -2.53. The van der Waals surface area contributed by atoms with E-state index in [-0.39, 0.29) is 11.3 Å². The number of ether oxygens (including phenoxy) is 1. The van der Waals surface area contributed by atoms with Crippen LogP contribution < -0.4 is 10.2 Å². The van der Waals surface area contributed by atoms with E-state index in [9.17, 15) is 18.0 Å². The lowest BCUT2D eigenvalue weighted by atomic mass is 9.81. The number of hydrogen-bond acceptors (Lipinski definition) is 5. The van der Waals surface area contributed by atoms with Crippen LogP contribution in [-0.4, -0.2) is 67.3 Å². The highest BCUT2D eigenvalue weighted by molar-refractivity contribution is 5.83. The number of nitrogens with one attached hydrogen (secondary N) is 1. The van der Waals surface area contributed by atoms with Crippen LogP contribution in [0.5, 0.6) is 0 Å². The standard InChI is InChI=1S/C24H35F3N4O2/c1-3-23(7-4-19(15-23)29-20-6-13-33-16-17(20)2)22(32)31-11-9-30(10-12-31)21-14-18(5-8-28-21)24(25,26)27/h5,8,14,17,19-20,29H,3-4,6-7,9-13,15-16H2,1-2H3/t17?,19-,20?,23-/m0/s1. The third-order valence-corrected chi connectivity index (χ3v) is 7.79. The number of anilines is 1. The van der Waals surface area contributed by atoms with Crippen molar-refractivity contribution in [3.8, 4) is 0 Å². The Morgan fingerprint density at radius 2 is 2.03 bits per heavy atom. The molecule has 3 aliphatic rings. The van der Waals surface area contributed by atoms with E-state index in [0.717, 1.165) is 57.5 Å². The largest absolute Gasteiger partial charge is 0.416 e. The maximum atomic E-state index is 13.6. The van der Waals surface area contributed by atoms with Gasteiger partial charge in [-0.3, -0.25) is 4.79 Å². The quantitative estimate of drug-likeness (QED) is 0.714. The van der Waals surface area contributed by atoms with Gasteiger partial charge in [-0.2, -0.15) is 13.2 Å². The average Bonchev–Trinajstić information content (AvgIpc) is 3.24. The van der Waals surface area contributed by atoms with Gasteiger partial charge in [-0.1, -0.05) is 13.8 Å².